The summed E-state index contributed by atoms with van der Waals surface area (Å²) < 4.78 is 0. The minimum Gasteiger partial charge on any atom is -0.387 e. The third-order valence-electron chi connectivity index (χ3n) is 1.86. The van der Waals surface area contributed by atoms with Crippen LogP contribution in [0.1, 0.15) is 25.5 Å². The highest BCUT2D eigenvalue weighted by molar-refractivity contribution is 5.08. The number of aliphatic hydroxyl groups is 1. The van der Waals surface area contributed by atoms with Crippen LogP contribution in [0.15, 0.2) is 12.4 Å². The number of hydrogen-bond acceptors (Lipinski definition) is 3. The lowest BCUT2D eigenvalue weighted by Crippen LogP contribution is -2.31. The molecule has 0 fully saturated rings. The molecule has 0 bridgehead atoms. The summed E-state index contributed by atoms with van der Waals surface area (Å²) in [7, 11) is 0. The van der Waals surface area contributed by atoms with E-state index in [1.807, 2.05) is 13.8 Å². The Bertz CT molecular complexity index is 210. The summed E-state index contributed by atoms with van der Waals surface area (Å²) in [4.78, 5) is 0. The number of rotatable bonds is 4. The number of nitrogens with zero attached hydrogens (tertiary/aromatic N) is 1. The summed E-state index contributed by atoms with van der Waals surface area (Å²) in [5.74, 6) is 0. The van der Waals surface area contributed by atoms with Gasteiger partial charge in [0.05, 0.1) is 12.3 Å². The van der Waals surface area contributed by atoms with Crippen molar-refractivity contribution in [2.24, 2.45) is 0 Å². The van der Waals surface area contributed by atoms with E-state index in [2.05, 4.69) is 15.5 Å². The molecule has 2 unspecified atom stereocenters. The molecule has 4 nitrogen and oxygen atoms in total. The zero-order chi connectivity index (χ0) is 8.97. The van der Waals surface area contributed by atoms with Crippen LogP contribution in [0.25, 0.3) is 0 Å². The number of aromatic amines is 1. The number of H-pyrrole nitrogens is 1. The van der Waals surface area contributed by atoms with Crippen molar-refractivity contribution < 1.29 is 5.11 Å². The zero-order valence-corrected chi connectivity index (χ0v) is 7.41. The molecule has 0 aromatic carbocycles. The van der Waals surface area contributed by atoms with Crippen LogP contribution in [-0.2, 0) is 0 Å². The quantitative estimate of drug-likeness (QED) is 0.613. The number of aliphatic hydroxyl groups excluding tert-OH is 1. The molecule has 1 rings (SSSR count). The van der Waals surface area contributed by atoms with E-state index >= 15 is 0 Å². The predicted molar refractivity (Wildman–Crippen MR) is 46.7 cm³/mol. The first-order valence-corrected chi connectivity index (χ1v) is 4.15. The summed E-state index contributed by atoms with van der Waals surface area (Å²) in [5, 5.41) is 19.3. The Labute approximate surface area is 72.0 Å². The molecule has 12 heavy (non-hydrogen) atoms. The molecule has 0 aliphatic heterocycles. The lowest BCUT2D eigenvalue weighted by atomic mass is 10.1. The molecule has 68 valence electrons. The Hall–Kier alpha value is -0.870. The van der Waals surface area contributed by atoms with E-state index in [4.69, 9.17) is 0 Å². The van der Waals surface area contributed by atoms with Gasteiger partial charge in [0, 0.05) is 17.8 Å². The number of likely N-dealkylation sites (N-methyl/N-ethyl adjacent to an activating group) is 1. The topological polar surface area (TPSA) is 60.9 Å². The van der Waals surface area contributed by atoms with Gasteiger partial charge < -0.3 is 10.4 Å². The minimum atomic E-state index is -0.483. The van der Waals surface area contributed by atoms with E-state index in [0.717, 1.165) is 12.1 Å². The fourth-order valence-corrected chi connectivity index (χ4v) is 1.14. The Morgan fingerprint density at radius 1 is 1.75 bits per heavy atom. The Morgan fingerprint density at radius 3 is 3.00 bits per heavy atom. The van der Waals surface area contributed by atoms with Crippen molar-refractivity contribution in [3.8, 4) is 0 Å². The fraction of sp³-hybridized carbons (Fsp3) is 0.625. The van der Waals surface area contributed by atoms with Crippen molar-refractivity contribution in [3.05, 3.63) is 18.0 Å². The molecule has 0 saturated carbocycles. The Balaban J connectivity index is 2.53. The molecule has 0 radical (unpaired) electrons. The molecule has 1 aromatic heterocycles. The van der Waals surface area contributed by atoms with E-state index in [9.17, 15) is 5.11 Å². The van der Waals surface area contributed by atoms with Gasteiger partial charge in [-0.15, -0.1) is 0 Å². The minimum absolute atomic E-state index is 0.0626. The van der Waals surface area contributed by atoms with E-state index in [1.54, 1.807) is 12.4 Å². The van der Waals surface area contributed by atoms with Crippen molar-refractivity contribution in [1.29, 1.82) is 0 Å². The normalized spacial score (nSPS) is 15.9. The van der Waals surface area contributed by atoms with Crippen molar-refractivity contribution in [1.82, 2.24) is 15.5 Å². The first kappa shape index (κ1) is 9.22. The molecule has 2 atom stereocenters. The Kier molecular flexibility index (Phi) is 3.25. The molecule has 0 aliphatic rings. The summed E-state index contributed by atoms with van der Waals surface area (Å²) in [6, 6.07) is 0.0626. The smallest absolute Gasteiger partial charge is 0.0970 e. The number of aromatic nitrogens is 2. The predicted octanol–water partition coefficient (Wildman–Crippen LogP) is 0.441. The van der Waals surface area contributed by atoms with Gasteiger partial charge in [-0.3, -0.25) is 5.10 Å². The molecule has 0 aliphatic carbocycles. The second kappa shape index (κ2) is 4.23. The molecular formula is C8H15N3O. The third-order valence-corrected chi connectivity index (χ3v) is 1.86. The molecule has 0 spiro atoms. The van der Waals surface area contributed by atoms with Gasteiger partial charge in [-0.1, -0.05) is 6.92 Å². The van der Waals surface area contributed by atoms with Gasteiger partial charge in [0.1, 0.15) is 0 Å². The maximum absolute atomic E-state index is 9.69. The molecule has 3 N–H and O–H groups in total. The van der Waals surface area contributed by atoms with Crippen molar-refractivity contribution in [2.75, 3.05) is 6.54 Å². The lowest BCUT2D eigenvalue weighted by Gasteiger charge is -2.17. The van der Waals surface area contributed by atoms with Gasteiger partial charge in [0.2, 0.25) is 0 Å². The van der Waals surface area contributed by atoms with Crippen LogP contribution in [0, 0.1) is 0 Å². The van der Waals surface area contributed by atoms with Crippen LogP contribution in [0.4, 0.5) is 0 Å². The standard InChI is InChI=1S/C8H15N3O/c1-3-9-6(2)8(12)7-4-10-11-5-7/h4-6,8-9,12H,3H2,1-2H3,(H,10,11). The lowest BCUT2D eigenvalue weighted by molar-refractivity contribution is 0.137. The van der Waals surface area contributed by atoms with E-state index in [0.29, 0.717) is 0 Å². The SMILES string of the molecule is CCNC(C)C(O)c1cn[nH]c1. The van der Waals surface area contributed by atoms with Crippen LogP contribution < -0.4 is 5.32 Å². The highest BCUT2D eigenvalue weighted by atomic mass is 16.3. The van der Waals surface area contributed by atoms with Crippen LogP contribution >= 0.6 is 0 Å². The second-order valence-corrected chi connectivity index (χ2v) is 2.82. The van der Waals surface area contributed by atoms with Crippen LogP contribution in [-0.4, -0.2) is 27.9 Å². The third kappa shape index (κ3) is 2.06. The molecule has 1 heterocycles. The summed E-state index contributed by atoms with van der Waals surface area (Å²) in [5.41, 5.74) is 0.823. The Morgan fingerprint density at radius 2 is 2.50 bits per heavy atom. The maximum atomic E-state index is 9.69. The molecular weight excluding hydrogens is 154 g/mol. The van der Waals surface area contributed by atoms with Crippen LogP contribution in [0.3, 0.4) is 0 Å². The van der Waals surface area contributed by atoms with Gasteiger partial charge in [-0.05, 0) is 13.5 Å². The maximum Gasteiger partial charge on any atom is 0.0970 e. The van der Waals surface area contributed by atoms with E-state index < -0.39 is 6.10 Å². The van der Waals surface area contributed by atoms with Crippen molar-refractivity contribution in [2.45, 2.75) is 26.0 Å². The van der Waals surface area contributed by atoms with Crippen molar-refractivity contribution >= 4 is 0 Å². The molecule has 0 saturated heterocycles. The zero-order valence-electron chi connectivity index (χ0n) is 7.41. The monoisotopic (exact) mass is 169 g/mol. The van der Waals surface area contributed by atoms with Gasteiger partial charge in [-0.2, -0.15) is 5.10 Å². The van der Waals surface area contributed by atoms with E-state index in [1.165, 1.54) is 0 Å². The summed E-state index contributed by atoms with van der Waals surface area (Å²) in [6.45, 7) is 4.82. The van der Waals surface area contributed by atoms with Gasteiger partial charge >= 0.3 is 0 Å². The fourth-order valence-electron chi connectivity index (χ4n) is 1.14. The molecule has 1 aromatic rings. The summed E-state index contributed by atoms with van der Waals surface area (Å²) >= 11 is 0. The van der Waals surface area contributed by atoms with Crippen molar-refractivity contribution in [3.63, 3.8) is 0 Å². The first-order valence-electron chi connectivity index (χ1n) is 4.15. The highest BCUT2D eigenvalue weighted by Gasteiger charge is 2.15. The second-order valence-electron chi connectivity index (χ2n) is 2.82. The number of nitrogens with one attached hydrogen (secondary N) is 2. The number of hydrogen-bond donors (Lipinski definition) is 3. The summed E-state index contributed by atoms with van der Waals surface area (Å²) in [6.07, 6.45) is 2.86. The van der Waals surface area contributed by atoms with E-state index in [-0.39, 0.29) is 6.04 Å². The van der Waals surface area contributed by atoms with Crippen LogP contribution in [0.5, 0.6) is 0 Å². The van der Waals surface area contributed by atoms with Crippen LogP contribution in [0.2, 0.25) is 0 Å². The average molecular weight is 169 g/mol. The molecule has 4 heteroatoms. The largest absolute Gasteiger partial charge is 0.387 e. The highest BCUT2D eigenvalue weighted by Crippen LogP contribution is 2.13. The first-order chi connectivity index (χ1) is 5.75. The van der Waals surface area contributed by atoms with Gasteiger partial charge in [-0.25, -0.2) is 0 Å². The van der Waals surface area contributed by atoms with Gasteiger partial charge in [0.25, 0.3) is 0 Å². The molecule has 0 amide bonds. The average Bonchev–Trinajstić information content (AvgIpc) is 2.55. The van der Waals surface area contributed by atoms with Gasteiger partial charge in [0.15, 0.2) is 0 Å².